The average Bonchev–Trinajstić information content (AvgIpc) is 2.44. The minimum atomic E-state index is -1.26. The molecule has 114 valence electrons. The summed E-state index contributed by atoms with van der Waals surface area (Å²) in [5.41, 5.74) is -0.213. The van der Waals surface area contributed by atoms with E-state index in [1.54, 1.807) is 0 Å². The Kier molecular flexibility index (Phi) is 8.25. The zero-order valence-electron chi connectivity index (χ0n) is 10.5. The normalized spacial score (nSPS) is 22.9. The first-order valence-electron chi connectivity index (χ1n) is 5.78. The molecule has 2 rings (SSSR count). The summed E-state index contributed by atoms with van der Waals surface area (Å²) >= 11 is 8.29. The molecule has 7 nitrogen and oxygen atoms in total. The van der Waals surface area contributed by atoms with E-state index in [9.17, 15) is 14.4 Å². The molecule has 0 aromatic rings. The fraction of sp³-hybridized carbons (Fsp3) is 0.455. The molecule has 2 N–H and O–H groups in total. The van der Waals surface area contributed by atoms with E-state index in [0.29, 0.717) is 0 Å². The Labute approximate surface area is 182 Å². The van der Waals surface area contributed by atoms with Crippen LogP contribution in [0.3, 0.4) is 0 Å². The number of carbonyl (C=O) groups excluding carboxylic acids is 2. The van der Waals surface area contributed by atoms with Crippen molar-refractivity contribution in [1.82, 2.24) is 10.2 Å². The van der Waals surface area contributed by atoms with Crippen LogP contribution in [0.25, 0.3) is 0 Å². The van der Waals surface area contributed by atoms with Crippen LogP contribution in [-0.2, 0) is 14.4 Å². The second-order valence-electron chi connectivity index (χ2n) is 4.16. The summed E-state index contributed by atoms with van der Waals surface area (Å²) in [6, 6.07) is 1.15. The van der Waals surface area contributed by atoms with Crippen molar-refractivity contribution < 1.29 is 19.5 Å². The van der Waals surface area contributed by atoms with Crippen molar-refractivity contribution in [2.24, 2.45) is 0 Å². The number of nitrogens with zero attached hydrogens (tertiary/aromatic N) is 2. The van der Waals surface area contributed by atoms with Gasteiger partial charge < -0.3 is 10.4 Å². The van der Waals surface area contributed by atoms with Crippen LogP contribution in [-0.4, -0.2) is 108 Å². The molecule has 0 aliphatic carbocycles. The monoisotopic (exact) mass is 387 g/mol. The number of amides is 2. The third kappa shape index (κ3) is 4.21. The number of nitrogens with one attached hydrogen (secondary N) is 1. The van der Waals surface area contributed by atoms with E-state index < -0.39 is 23.3 Å². The summed E-state index contributed by atoms with van der Waals surface area (Å²) in [5.74, 6) is -1.54. The van der Waals surface area contributed by atoms with Gasteiger partial charge in [-0.05, 0) is 0 Å². The van der Waals surface area contributed by atoms with E-state index in [1.165, 1.54) is 11.8 Å². The summed E-state index contributed by atoms with van der Waals surface area (Å²) in [6.07, 6.45) is 0. The summed E-state index contributed by atoms with van der Waals surface area (Å²) in [5, 5.41) is 19.7. The number of carboxylic acids is 1. The van der Waals surface area contributed by atoms with Crippen molar-refractivity contribution >= 4 is 104 Å². The van der Waals surface area contributed by atoms with Crippen molar-refractivity contribution in [2.75, 3.05) is 17.3 Å². The van der Waals surface area contributed by atoms with Gasteiger partial charge in [-0.2, -0.15) is 5.26 Å². The van der Waals surface area contributed by atoms with Crippen molar-refractivity contribution in [1.29, 1.82) is 5.26 Å². The Morgan fingerprint density at radius 1 is 1.59 bits per heavy atom. The molecule has 2 amide bonds. The molecule has 0 bridgehead atoms. The van der Waals surface area contributed by atoms with E-state index in [2.05, 4.69) is 5.32 Å². The Balaban J connectivity index is 0.00000242. The fourth-order valence-electron chi connectivity index (χ4n) is 1.99. The molecule has 22 heavy (non-hydrogen) atoms. The summed E-state index contributed by atoms with van der Waals surface area (Å²) in [4.78, 5) is 35.9. The van der Waals surface area contributed by atoms with Crippen LogP contribution in [0.2, 0.25) is 0 Å². The minimum absolute atomic E-state index is 0. The number of halogens is 1. The van der Waals surface area contributed by atoms with E-state index in [1.807, 2.05) is 6.07 Å². The maximum atomic E-state index is 12.0. The van der Waals surface area contributed by atoms with Gasteiger partial charge in [0.15, 0.2) is 0 Å². The van der Waals surface area contributed by atoms with Crippen LogP contribution in [0.5, 0.6) is 0 Å². The van der Waals surface area contributed by atoms with Gasteiger partial charge in [0.05, 0.1) is 22.6 Å². The van der Waals surface area contributed by atoms with Gasteiger partial charge in [-0.1, -0.05) is 11.6 Å². The first-order valence-corrected chi connectivity index (χ1v) is 8.36. The van der Waals surface area contributed by atoms with Gasteiger partial charge in [0.1, 0.15) is 17.1 Å². The second kappa shape index (κ2) is 8.93. The van der Waals surface area contributed by atoms with Crippen molar-refractivity contribution in [3.05, 3.63) is 10.7 Å². The predicted molar refractivity (Wildman–Crippen MR) is 85.6 cm³/mol. The van der Waals surface area contributed by atoms with E-state index >= 15 is 0 Å². The van der Waals surface area contributed by atoms with Crippen LogP contribution in [0.15, 0.2) is 10.7 Å². The van der Waals surface area contributed by atoms with E-state index in [-0.39, 0.29) is 85.3 Å². The number of fused-ring (bicyclic) bond motifs is 1. The number of hydrogen-bond donors (Lipinski definition) is 2. The van der Waals surface area contributed by atoms with Gasteiger partial charge >= 0.3 is 57.4 Å². The van der Waals surface area contributed by atoms with Crippen LogP contribution < -0.4 is 5.32 Å². The van der Waals surface area contributed by atoms with Crippen molar-refractivity contribution in [2.45, 2.75) is 11.4 Å². The Hall–Kier alpha value is 0.266. The molecular formula is C11H11ClKN3O4S2. The van der Waals surface area contributed by atoms with Crippen LogP contribution in [0.1, 0.15) is 0 Å². The molecule has 11 heteroatoms. The molecule has 1 saturated heterocycles. The summed E-state index contributed by atoms with van der Waals surface area (Å²) in [6.45, 7) is 0. The zero-order valence-corrected chi connectivity index (χ0v) is 12.9. The maximum absolute atomic E-state index is 12.0. The number of aliphatic carboxylic acids is 1. The molecule has 0 aromatic carbocycles. The molecular weight excluding hydrogens is 377 g/mol. The average molecular weight is 388 g/mol. The quantitative estimate of drug-likeness (QED) is 0.372. The van der Waals surface area contributed by atoms with Crippen LogP contribution in [0.4, 0.5) is 0 Å². The standard InChI is InChI=1S/C11H10ClN3O4S2.K.H/c12-5-3-21-10-7(14-6(16)4-20-2-1-13)9(17)15(10)8(5)11(18)19;;/h7,10H,2-4H2,(H,14,16)(H,18,19);;/t7?,10-;;/m1../s1. The molecule has 1 unspecified atom stereocenters. The molecule has 0 spiro atoms. The van der Waals surface area contributed by atoms with Gasteiger partial charge in [0, 0.05) is 5.75 Å². The molecule has 2 atom stereocenters. The molecule has 0 saturated carbocycles. The molecule has 1 fully saturated rings. The number of rotatable bonds is 5. The third-order valence-electron chi connectivity index (χ3n) is 2.84. The predicted octanol–water partition coefficient (Wildman–Crippen LogP) is -0.470. The van der Waals surface area contributed by atoms with Crippen molar-refractivity contribution in [3.63, 3.8) is 0 Å². The van der Waals surface area contributed by atoms with Crippen molar-refractivity contribution in [3.8, 4) is 6.07 Å². The fourth-order valence-corrected chi connectivity index (χ4v) is 4.00. The third-order valence-corrected chi connectivity index (χ3v) is 5.39. The van der Waals surface area contributed by atoms with Gasteiger partial charge in [-0.15, -0.1) is 23.5 Å². The Morgan fingerprint density at radius 3 is 2.86 bits per heavy atom. The number of hydrogen-bond acceptors (Lipinski definition) is 6. The van der Waals surface area contributed by atoms with Crippen LogP contribution in [0, 0.1) is 11.3 Å². The number of nitriles is 1. The summed E-state index contributed by atoms with van der Waals surface area (Å²) in [7, 11) is 0. The molecule has 0 aromatic heterocycles. The van der Waals surface area contributed by atoms with Gasteiger partial charge in [-0.3, -0.25) is 14.5 Å². The SMILES string of the molecule is N#CCSCC(=O)NC1C(=O)N2C(C(=O)O)=C(Cl)CS[C@H]12.[KH]. The number of thioether (sulfide) groups is 2. The molecule has 2 aliphatic rings. The topological polar surface area (TPSA) is 111 Å². The summed E-state index contributed by atoms with van der Waals surface area (Å²) < 4.78 is 0. The number of carboxylic acid groups (broad SMARTS) is 1. The Morgan fingerprint density at radius 2 is 2.27 bits per heavy atom. The number of β-lactam (4-membered cyclic amide) rings is 1. The van der Waals surface area contributed by atoms with Crippen LogP contribution >= 0.6 is 35.1 Å². The first-order chi connectivity index (χ1) is 9.97. The molecule has 0 radical (unpaired) electrons. The van der Waals surface area contributed by atoms with E-state index in [4.69, 9.17) is 22.0 Å². The first kappa shape index (κ1) is 20.3. The van der Waals surface area contributed by atoms with Gasteiger partial charge in [-0.25, -0.2) is 4.79 Å². The van der Waals surface area contributed by atoms with Gasteiger partial charge in [0.25, 0.3) is 5.91 Å². The van der Waals surface area contributed by atoms with Gasteiger partial charge in [0.2, 0.25) is 5.91 Å². The molecule has 2 heterocycles. The second-order valence-corrected chi connectivity index (χ2v) is 6.71. The Bertz CT molecular complexity index is 580. The zero-order chi connectivity index (χ0) is 15.6. The number of carbonyl (C=O) groups is 3. The molecule has 2 aliphatic heterocycles. The van der Waals surface area contributed by atoms with E-state index in [0.717, 1.165) is 16.7 Å².